The van der Waals surface area contributed by atoms with Gasteiger partial charge in [0.05, 0.1) is 13.1 Å². The van der Waals surface area contributed by atoms with Crippen LogP contribution in [-0.4, -0.2) is 4.57 Å². The van der Waals surface area contributed by atoms with Gasteiger partial charge in [0, 0.05) is 6.42 Å². The molecule has 1 rings (SSSR count). The Balaban J connectivity index is 2.23. The van der Waals surface area contributed by atoms with Crippen LogP contribution in [0.5, 0.6) is 0 Å². The number of rotatable bonds is 45. The molecular weight excluding hydrogens is 641 g/mol. The summed E-state index contributed by atoms with van der Waals surface area (Å²) in [6.45, 7) is 9.42. The Morgan fingerprint density at radius 3 is 0.906 bits per heavy atom. The molecule has 0 saturated carbocycles. The fraction of sp³-hybridized carbons (Fsp3) is 0.941. The van der Waals surface area contributed by atoms with Gasteiger partial charge in [-0.3, -0.25) is 0 Å². The van der Waals surface area contributed by atoms with Gasteiger partial charge in [-0.1, -0.05) is 258 Å². The van der Waals surface area contributed by atoms with Crippen molar-refractivity contribution in [3.05, 3.63) is 18.2 Å². The second-order valence-electron chi connectivity index (χ2n) is 17.6. The summed E-state index contributed by atoms with van der Waals surface area (Å²) >= 11 is 0. The van der Waals surface area contributed by atoms with Crippen LogP contribution >= 0.6 is 0 Å². The minimum atomic E-state index is 1.23. The van der Waals surface area contributed by atoms with Crippen LogP contribution in [-0.2, 0) is 19.5 Å². The van der Waals surface area contributed by atoms with Crippen LogP contribution in [0.15, 0.2) is 12.4 Å². The van der Waals surface area contributed by atoms with E-state index in [1.165, 1.54) is 289 Å². The quantitative estimate of drug-likeness (QED) is 0.0465. The normalized spacial score (nSPS) is 11.7. The van der Waals surface area contributed by atoms with Crippen molar-refractivity contribution in [1.82, 2.24) is 4.57 Å². The second kappa shape index (κ2) is 42.4. The van der Waals surface area contributed by atoms with Crippen LogP contribution in [0.4, 0.5) is 0 Å². The predicted molar refractivity (Wildman–Crippen MR) is 239 cm³/mol. The molecule has 0 aliphatic heterocycles. The van der Waals surface area contributed by atoms with Crippen LogP contribution in [0.25, 0.3) is 0 Å². The molecule has 0 bridgehead atoms. The van der Waals surface area contributed by atoms with E-state index in [1.807, 2.05) is 0 Å². The van der Waals surface area contributed by atoms with E-state index in [9.17, 15) is 0 Å². The molecule has 0 amide bonds. The van der Waals surface area contributed by atoms with Crippen molar-refractivity contribution >= 4 is 0 Å². The van der Waals surface area contributed by atoms with Gasteiger partial charge in [0.1, 0.15) is 12.4 Å². The summed E-state index contributed by atoms with van der Waals surface area (Å²) in [6, 6.07) is 0. The topological polar surface area (TPSA) is 8.81 Å². The molecule has 2 nitrogen and oxygen atoms in total. The van der Waals surface area contributed by atoms with Crippen LogP contribution < -0.4 is 4.57 Å². The Labute approximate surface area is 336 Å². The molecule has 0 aliphatic rings. The Hall–Kier alpha value is -0.790. The third kappa shape index (κ3) is 34.2. The number of aryl methyl sites for hydroxylation is 2. The Kier molecular flexibility index (Phi) is 40.1. The largest absolute Gasteiger partial charge is 0.256 e. The molecule has 0 N–H and O–H groups in total. The molecule has 1 aromatic heterocycles. The molecular formula is C51H101N2+. The van der Waals surface area contributed by atoms with Crippen LogP contribution in [0, 0.1) is 0 Å². The Morgan fingerprint density at radius 2 is 0.585 bits per heavy atom. The maximum Gasteiger partial charge on any atom is 0.256 e. The fourth-order valence-electron chi connectivity index (χ4n) is 8.62. The van der Waals surface area contributed by atoms with Crippen molar-refractivity contribution in [3.8, 4) is 0 Å². The summed E-state index contributed by atoms with van der Waals surface area (Å²) < 4.78 is 5.31. The van der Waals surface area contributed by atoms with E-state index >= 15 is 0 Å². The first-order valence-corrected chi connectivity index (χ1v) is 25.4. The predicted octanol–water partition coefficient (Wildman–Crippen LogP) is 17.8. The zero-order chi connectivity index (χ0) is 38.0. The lowest BCUT2D eigenvalue weighted by Crippen LogP contribution is -2.37. The molecule has 1 aromatic rings. The van der Waals surface area contributed by atoms with E-state index in [0.29, 0.717) is 0 Å². The Morgan fingerprint density at radius 1 is 0.321 bits per heavy atom. The number of imidazole rings is 1. The highest BCUT2D eigenvalue weighted by Crippen LogP contribution is 2.17. The molecule has 53 heavy (non-hydrogen) atoms. The van der Waals surface area contributed by atoms with Crippen LogP contribution in [0.2, 0.25) is 0 Å². The summed E-state index contributed by atoms with van der Waals surface area (Å²) in [5, 5.41) is 0. The molecule has 314 valence electrons. The number of hydrogen-bond acceptors (Lipinski definition) is 0. The van der Waals surface area contributed by atoms with E-state index in [1.54, 1.807) is 5.82 Å². The van der Waals surface area contributed by atoms with E-state index in [4.69, 9.17) is 0 Å². The molecule has 0 saturated heterocycles. The zero-order valence-electron chi connectivity index (χ0n) is 37.4. The molecule has 1 heterocycles. The highest BCUT2D eigenvalue weighted by atomic mass is 15.1. The lowest BCUT2D eigenvalue weighted by Gasteiger charge is -2.07. The van der Waals surface area contributed by atoms with Gasteiger partial charge < -0.3 is 0 Å². The average Bonchev–Trinajstić information content (AvgIpc) is 3.55. The molecule has 0 fully saturated rings. The zero-order valence-corrected chi connectivity index (χ0v) is 37.4. The number of aromatic nitrogens is 2. The molecule has 0 radical (unpaired) electrons. The van der Waals surface area contributed by atoms with Crippen molar-refractivity contribution in [3.63, 3.8) is 0 Å². The number of unbranched alkanes of at least 4 members (excludes halogenated alkanes) is 39. The first-order chi connectivity index (χ1) is 26.3. The van der Waals surface area contributed by atoms with E-state index in [-0.39, 0.29) is 0 Å². The first-order valence-electron chi connectivity index (χ1n) is 25.4. The third-order valence-electron chi connectivity index (χ3n) is 12.3. The summed E-state index contributed by atoms with van der Waals surface area (Å²) in [5.41, 5.74) is 0. The molecule has 0 spiro atoms. The third-order valence-corrected chi connectivity index (χ3v) is 12.3. The standard InChI is InChI=1S/C51H101N2/c1-4-7-10-13-16-19-22-24-26-27-29-31-33-36-39-42-45-48-53-50-49-52(47-44-41-38-35-21-18-15-12-9-6-3)51(53)46-43-40-37-34-32-30-28-25-23-20-17-14-11-8-5-2/h49-50H,4-48H2,1-3H3/q+1. The lowest BCUT2D eigenvalue weighted by atomic mass is 10.0. The van der Waals surface area contributed by atoms with Crippen LogP contribution in [0.3, 0.4) is 0 Å². The van der Waals surface area contributed by atoms with Gasteiger partial charge in [-0.15, -0.1) is 0 Å². The van der Waals surface area contributed by atoms with Crippen molar-refractivity contribution in [2.45, 2.75) is 310 Å². The molecule has 0 atom stereocenters. The molecule has 0 aromatic carbocycles. The highest BCUT2D eigenvalue weighted by molar-refractivity contribution is 4.84. The van der Waals surface area contributed by atoms with Crippen molar-refractivity contribution < 1.29 is 4.57 Å². The Bertz CT molecular complexity index is 811. The first kappa shape index (κ1) is 50.2. The van der Waals surface area contributed by atoms with E-state index in [0.717, 1.165) is 0 Å². The summed E-state index contributed by atoms with van der Waals surface area (Å²) in [7, 11) is 0. The maximum atomic E-state index is 2.66. The fourth-order valence-corrected chi connectivity index (χ4v) is 8.62. The van der Waals surface area contributed by atoms with Gasteiger partial charge in [0.2, 0.25) is 0 Å². The van der Waals surface area contributed by atoms with Gasteiger partial charge in [-0.2, -0.15) is 0 Å². The van der Waals surface area contributed by atoms with E-state index < -0.39 is 0 Å². The SMILES string of the molecule is CCCCCCCCCCCCCCCCCCC[n+]1ccn(CCCCCCCCCCCC)c1CCCCCCCCCCCCCCCCC. The van der Waals surface area contributed by atoms with E-state index in [2.05, 4.69) is 42.3 Å². The summed E-state index contributed by atoms with van der Waals surface area (Å²) in [5.74, 6) is 1.63. The molecule has 2 heteroatoms. The van der Waals surface area contributed by atoms with Crippen molar-refractivity contribution in [1.29, 1.82) is 0 Å². The smallest absolute Gasteiger partial charge is 0.234 e. The van der Waals surface area contributed by atoms with Crippen molar-refractivity contribution in [2.24, 2.45) is 0 Å². The average molecular weight is 742 g/mol. The molecule has 0 aliphatic carbocycles. The highest BCUT2D eigenvalue weighted by Gasteiger charge is 2.16. The van der Waals surface area contributed by atoms with Gasteiger partial charge in [-0.25, -0.2) is 9.13 Å². The van der Waals surface area contributed by atoms with Gasteiger partial charge in [-0.05, 0) is 32.1 Å². The minimum Gasteiger partial charge on any atom is -0.234 e. The lowest BCUT2D eigenvalue weighted by molar-refractivity contribution is -0.704. The second-order valence-corrected chi connectivity index (χ2v) is 17.6. The number of hydrogen-bond donors (Lipinski definition) is 0. The summed E-state index contributed by atoms with van der Waals surface area (Å²) in [6.07, 6.45) is 66.8. The van der Waals surface area contributed by atoms with Gasteiger partial charge >= 0.3 is 0 Å². The minimum absolute atomic E-state index is 1.23. The number of nitrogens with zero attached hydrogens (tertiary/aromatic N) is 2. The van der Waals surface area contributed by atoms with Crippen LogP contribution in [0.1, 0.15) is 296 Å². The molecule has 0 unspecified atom stereocenters. The van der Waals surface area contributed by atoms with Crippen molar-refractivity contribution in [2.75, 3.05) is 0 Å². The maximum absolute atomic E-state index is 2.66. The van der Waals surface area contributed by atoms with Gasteiger partial charge in [0.15, 0.2) is 0 Å². The monoisotopic (exact) mass is 742 g/mol. The van der Waals surface area contributed by atoms with Gasteiger partial charge in [0.25, 0.3) is 5.82 Å². The summed E-state index contributed by atoms with van der Waals surface area (Å²) in [4.78, 5) is 0.